The summed E-state index contributed by atoms with van der Waals surface area (Å²) in [7, 11) is 0. The molecule has 6 nitrogen and oxygen atoms in total. The van der Waals surface area contributed by atoms with E-state index in [0.717, 1.165) is 16.8 Å². The van der Waals surface area contributed by atoms with Crippen LogP contribution in [0.4, 0.5) is 5.69 Å². The maximum Gasteiger partial charge on any atom is 0.241 e. The largest absolute Gasteiger partial charge is 0.325 e. The fourth-order valence-electron chi connectivity index (χ4n) is 2.35. The first-order valence-electron chi connectivity index (χ1n) is 7.57. The van der Waals surface area contributed by atoms with E-state index in [1.54, 1.807) is 0 Å². The summed E-state index contributed by atoms with van der Waals surface area (Å²) in [6.07, 6.45) is 0.701. The van der Waals surface area contributed by atoms with Gasteiger partial charge in [0.15, 0.2) is 0 Å². The van der Waals surface area contributed by atoms with E-state index in [0.29, 0.717) is 18.5 Å². The number of benzene rings is 2. The van der Waals surface area contributed by atoms with Crippen molar-refractivity contribution in [1.82, 2.24) is 15.6 Å². The highest BCUT2D eigenvalue weighted by molar-refractivity contribution is 5.94. The van der Waals surface area contributed by atoms with Crippen LogP contribution in [0.25, 0.3) is 11.0 Å². The predicted molar refractivity (Wildman–Crippen MR) is 87.8 cm³/mol. The molecular weight excluding hydrogens is 292 g/mol. The number of hydrogen-bond donors (Lipinski definition) is 2. The zero-order valence-electron chi connectivity index (χ0n) is 12.8. The molecule has 1 heterocycles. The van der Waals surface area contributed by atoms with Crippen LogP contribution in [0.5, 0.6) is 0 Å². The lowest BCUT2D eigenvalue weighted by atomic mass is 10.1. The van der Waals surface area contributed by atoms with Gasteiger partial charge in [0, 0.05) is 12.2 Å². The number of carbonyl (C=O) groups excluding carboxylic acids is 1. The molecule has 0 aliphatic carbocycles. The SMILES string of the molecule is CC[C@H](NCc1ccc2nonc2c1)C(=O)Nc1ccccc1. The molecule has 0 saturated heterocycles. The average Bonchev–Trinajstić information content (AvgIpc) is 3.04. The fraction of sp³-hybridized carbons (Fsp3) is 0.235. The summed E-state index contributed by atoms with van der Waals surface area (Å²) in [6, 6.07) is 14.9. The van der Waals surface area contributed by atoms with Gasteiger partial charge >= 0.3 is 0 Å². The Morgan fingerprint density at radius 2 is 1.91 bits per heavy atom. The summed E-state index contributed by atoms with van der Waals surface area (Å²) in [5.41, 5.74) is 3.26. The van der Waals surface area contributed by atoms with Crippen molar-refractivity contribution in [1.29, 1.82) is 0 Å². The van der Waals surface area contributed by atoms with Gasteiger partial charge in [-0.05, 0) is 46.6 Å². The van der Waals surface area contributed by atoms with Gasteiger partial charge in [-0.1, -0.05) is 31.2 Å². The topological polar surface area (TPSA) is 80.1 Å². The number of fused-ring (bicyclic) bond motifs is 1. The van der Waals surface area contributed by atoms with Crippen molar-refractivity contribution in [3.63, 3.8) is 0 Å². The number of para-hydroxylation sites is 1. The number of amides is 1. The van der Waals surface area contributed by atoms with Crippen LogP contribution in [0.2, 0.25) is 0 Å². The first-order valence-corrected chi connectivity index (χ1v) is 7.57. The maximum absolute atomic E-state index is 12.3. The molecule has 6 heteroatoms. The van der Waals surface area contributed by atoms with Crippen molar-refractivity contribution in [2.45, 2.75) is 25.9 Å². The molecule has 3 aromatic rings. The van der Waals surface area contributed by atoms with Crippen LogP contribution in [0.1, 0.15) is 18.9 Å². The Morgan fingerprint density at radius 3 is 2.70 bits per heavy atom. The van der Waals surface area contributed by atoms with Crippen molar-refractivity contribution < 1.29 is 9.42 Å². The molecule has 1 amide bonds. The monoisotopic (exact) mass is 310 g/mol. The molecule has 1 aromatic heterocycles. The molecule has 0 fully saturated rings. The number of anilines is 1. The Kier molecular flexibility index (Phi) is 4.63. The predicted octanol–water partition coefficient (Wildman–Crippen LogP) is 2.73. The molecule has 3 rings (SSSR count). The van der Waals surface area contributed by atoms with Gasteiger partial charge in [0.05, 0.1) is 6.04 Å². The van der Waals surface area contributed by atoms with Gasteiger partial charge in [-0.2, -0.15) is 0 Å². The summed E-state index contributed by atoms with van der Waals surface area (Å²) < 4.78 is 4.69. The second-order valence-corrected chi connectivity index (χ2v) is 5.28. The van der Waals surface area contributed by atoms with Crippen molar-refractivity contribution in [2.24, 2.45) is 0 Å². The molecule has 2 N–H and O–H groups in total. The van der Waals surface area contributed by atoms with E-state index in [-0.39, 0.29) is 11.9 Å². The quantitative estimate of drug-likeness (QED) is 0.732. The van der Waals surface area contributed by atoms with Crippen LogP contribution in [0.3, 0.4) is 0 Å². The second-order valence-electron chi connectivity index (χ2n) is 5.28. The molecule has 2 aromatic carbocycles. The molecular formula is C17H18N4O2. The third kappa shape index (κ3) is 3.73. The van der Waals surface area contributed by atoms with Crippen LogP contribution in [0, 0.1) is 0 Å². The zero-order valence-corrected chi connectivity index (χ0v) is 12.8. The molecule has 0 radical (unpaired) electrons. The summed E-state index contributed by atoms with van der Waals surface area (Å²) in [4.78, 5) is 12.3. The van der Waals surface area contributed by atoms with Gasteiger partial charge in [-0.25, -0.2) is 4.63 Å². The number of aromatic nitrogens is 2. The lowest BCUT2D eigenvalue weighted by Gasteiger charge is -2.17. The average molecular weight is 310 g/mol. The standard InChI is InChI=1S/C17H18N4O2/c1-2-14(17(22)19-13-6-4-3-5-7-13)18-11-12-8-9-15-16(10-12)21-23-20-15/h3-10,14,18H,2,11H2,1H3,(H,19,22)/t14-/m0/s1. The Bertz CT molecular complexity index is 785. The number of hydrogen-bond acceptors (Lipinski definition) is 5. The van der Waals surface area contributed by atoms with Crippen molar-refractivity contribution in [3.05, 3.63) is 54.1 Å². The third-order valence-electron chi connectivity index (χ3n) is 3.64. The minimum absolute atomic E-state index is 0.0390. The van der Waals surface area contributed by atoms with E-state index >= 15 is 0 Å². The number of rotatable bonds is 6. The van der Waals surface area contributed by atoms with E-state index < -0.39 is 0 Å². The molecule has 0 bridgehead atoms. The van der Waals surface area contributed by atoms with Crippen LogP contribution in [0.15, 0.2) is 53.2 Å². The van der Waals surface area contributed by atoms with E-state index in [9.17, 15) is 4.79 Å². The minimum atomic E-state index is -0.263. The molecule has 0 spiro atoms. The summed E-state index contributed by atoms with van der Waals surface area (Å²) in [6.45, 7) is 2.55. The zero-order chi connectivity index (χ0) is 16.1. The Balaban J connectivity index is 1.61. The van der Waals surface area contributed by atoms with Gasteiger partial charge < -0.3 is 10.6 Å². The highest BCUT2D eigenvalue weighted by atomic mass is 16.6. The highest BCUT2D eigenvalue weighted by Gasteiger charge is 2.16. The van der Waals surface area contributed by atoms with Gasteiger partial charge in [0.25, 0.3) is 0 Å². The summed E-state index contributed by atoms with van der Waals surface area (Å²) >= 11 is 0. The van der Waals surface area contributed by atoms with Gasteiger partial charge in [0.2, 0.25) is 5.91 Å². The second kappa shape index (κ2) is 7.02. The Labute approximate surface area is 133 Å². The molecule has 1 atom stereocenters. The van der Waals surface area contributed by atoms with Gasteiger partial charge in [0.1, 0.15) is 11.0 Å². The smallest absolute Gasteiger partial charge is 0.241 e. The molecule has 118 valence electrons. The van der Waals surface area contributed by atoms with E-state index in [2.05, 4.69) is 25.6 Å². The third-order valence-corrected chi connectivity index (χ3v) is 3.64. The Hall–Kier alpha value is -2.73. The van der Waals surface area contributed by atoms with Crippen molar-refractivity contribution in [3.8, 4) is 0 Å². The fourth-order valence-corrected chi connectivity index (χ4v) is 2.35. The van der Waals surface area contributed by atoms with E-state index in [1.807, 2.05) is 55.5 Å². The number of nitrogens with one attached hydrogen (secondary N) is 2. The van der Waals surface area contributed by atoms with Crippen LogP contribution < -0.4 is 10.6 Å². The lowest BCUT2D eigenvalue weighted by Crippen LogP contribution is -2.39. The van der Waals surface area contributed by atoms with Gasteiger partial charge in [-0.15, -0.1) is 0 Å². The van der Waals surface area contributed by atoms with Crippen LogP contribution >= 0.6 is 0 Å². The van der Waals surface area contributed by atoms with Crippen LogP contribution in [-0.4, -0.2) is 22.3 Å². The summed E-state index contributed by atoms with van der Waals surface area (Å²) in [5, 5.41) is 13.8. The van der Waals surface area contributed by atoms with E-state index in [4.69, 9.17) is 0 Å². The van der Waals surface area contributed by atoms with Crippen LogP contribution in [-0.2, 0) is 11.3 Å². The molecule has 0 aliphatic rings. The lowest BCUT2D eigenvalue weighted by molar-refractivity contribution is -0.118. The first kappa shape index (κ1) is 15.2. The van der Waals surface area contributed by atoms with Crippen molar-refractivity contribution in [2.75, 3.05) is 5.32 Å². The molecule has 0 aliphatic heterocycles. The van der Waals surface area contributed by atoms with E-state index in [1.165, 1.54) is 0 Å². The Morgan fingerprint density at radius 1 is 1.13 bits per heavy atom. The molecule has 23 heavy (non-hydrogen) atoms. The summed E-state index contributed by atoms with van der Waals surface area (Å²) in [5.74, 6) is -0.0390. The maximum atomic E-state index is 12.3. The first-order chi connectivity index (χ1) is 11.3. The number of carbonyl (C=O) groups is 1. The molecule has 0 unspecified atom stereocenters. The van der Waals surface area contributed by atoms with Gasteiger partial charge in [-0.3, -0.25) is 4.79 Å². The van der Waals surface area contributed by atoms with Crippen molar-refractivity contribution >= 4 is 22.6 Å². The molecule has 0 saturated carbocycles. The minimum Gasteiger partial charge on any atom is -0.325 e. The number of nitrogens with zero attached hydrogens (tertiary/aromatic N) is 2. The normalized spacial score (nSPS) is 12.2. The highest BCUT2D eigenvalue weighted by Crippen LogP contribution is 2.12.